The van der Waals surface area contributed by atoms with E-state index in [0.717, 1.165) is 11.1 Å². The van der Waals surface area contributed by atoms with E-state index in [4.69, 9.17) is 26.6 Å². The number of nitrogens with two attached hydrogens (primary N) is 1. The normalized spacial score (nSPS) is 34.3. The van der Waals surface area contributed by atoms with Crippen molar-refractivity contribution in [3.05, 3.63) is 54.1 Å². The number of allylic oxidation sites excluding steroid dienone is 2. The van der Waals surface area contributed by atoms with E-state index in [9.17, 15) is 0 Å². The summed E-state index contributed by atoms with van der Waals surface area (Å²) in [7, 11) is -0.631. The highest BCUT2D eigenvalue weighted by Gasteiger charge is 2.64. The summed E-state index contributed by atoms with van der Waals surface area (Å²) in [5, 5.41) is 0. The maximum absolute atomic E-state index is 7.04. The van der Waals surface area contributed by atoms with Crippen LogP contribution < -0.4 is 5.73 Å². The molecule has 0 spiro atoms. The van der Waals surface area contributed by atoms with Gasteiger partial charge in [-0.2, -0.15) is 0 Å². The summed E-state index contributed by atoms with van der Waals surface area (Å²) in [6.07, 6.45) is 5.85. The van der Waals surface area contributed by atoms with Gasteiger partial charge in [-0.15, -0.1) is 11.6 Å². The number of hydrogen-bond acceptors (Lipinski definition) is 3. The first-order valence-corrected chi connectivity index (χ1v) is 8.68. The molecule has 2 unspecified atom stereocenters. The molecule has 2 aliphatic rings. The second kappa shape index (κ2) is 5.47. The number of benzene rings is 1. The lowest BCUT2D eigenvalue weighted by atomic mass is 9.54. The zero-order chi connectivity index (χ0) is 17.8. The Morgan fingerprint density at radius 3 is 2.04 bits per heavy atom. The Morgan fingerprint density at radius 1 is 0.958 bits per heavy atom. The van der Waals surface area contributed by atoms with Gasteiger partial charge in [-0.1, -0.05) is 48.6 Å². The van der Waals surface area contributed by atoms with Crippen LogP contribution in [0.1, 0.15) is 40.2 Å². The van der Waals surface area contributed by atoms with Gasteiger partial charge in [0, 0.05) is 0 Å². The second-order valence-corrected chi connectivity index (χ2v) is 8.59. The maximum Gasteiger partial charge on any atom is 0.485 e. The summed E-state index contributed by atoms with van der Waals surface area (Å²) in [6.45, 7) is 10.00. The summed E-state index contributed by atoms with van der Waals surface area (Å²) in [6, 6.07) is 10.0. The molecule has 1 fully saturated rings. The molecule has 24 heavy (non-hydrogen) atoms. The third kappa shape index (κ3) is 2.48. The Morgan fingerprint density at radius 2 is 1.50 bits per heavy atom. The molecule has 3 nitrogen and oxygen atoms in total. The van der Waals surface area contributed by atoms with Crippen LogP contribution >= 0.6 is 11.6 Å². The number of rotatable bonds is 2. The second-order valence-electron chi connectivity index (χ2n) is 7.83. The van der Waals surface area contributed by atoms with Gasteiger partial charge in [0.15, 0.2) is 0 Å². The van der Waals surface area contributed by atoms with Gasteiger partial charge in [0.2, 0.25) is 0 Å². The fraction of sp³-hybridized carbons (Fsp3) is 0.474. The Kier molecular flexibility index (Phi) is 4.04. The van der Waals surface area contributed by atoms with Crippen LogP contribution in [0.15, 0.2) is 48.6 Å². The third-order valence-corrected chi connectivity index (χ3v) is 6.21. The van der Waals surface area contributed by atoms with E-state index in [1.807, 2.05) is 83.2 Å². The standard InChI is InChI=1S/C19H25BClNO2/c1-16(2)17(3,4)24-20(23-16)19(22)13-9-12-15(18(19,5)21)14-10-7-6-8-11-14/h6-13H,22H2,1-5H3. The molecule has 0 radical (unpaired) electrons. The molecule has 2 N–H and O–H groups in total. The highest BCUT2D eigenvalue weighted by molar-refractivity contribution is 6.55. The lowest BCUT2D eigenvalue weighted by Gasteiger charge is -2.44. The van der Waals surface area contributed by atoms with Crippen LogP contribution in [0.2, 0.25) is 0 Å². The van der Waals surface area contributed by atoms with Crippen molar-refractivity contribution >= 4 is 24.3 Å². The molecule has 1 aliphatic heterocycles. The van der Waals surface area contributed by atoms with Gasteiger partial charge in [0.25, 0.3) is 0 Å². The van der Waals surface area contributed by atoms with Crippen molar-refractivity contribution in [1.29, 1.82) is 0 Å². The molecule has 0 amide bonds. The summed E-state index contributed by atoms with van der Waals surface area (Å²) in [5.74, 6) is 0. The van der Waals surface area contributed by atoms with E-state index in [1.165, 1.54) is 0 Å². The molecule has 1 aliphatic carbocycles. The van der Waals surface area contributed by atoms with Gasteiger partial charge in [0.05, 0.1) is 21.5 Å². The first kappa shape index (κ1) is 17.7. The molecule has 128 valence electrons. The lowest BCUT2D eigenvalue weighted by molar-refractivity contribution is 0.00578. The van der Waals surface area contributed by atoms with Crippen molar-refractivity contribution in [2.24, 2.45) is 5.73 Å². The Labute approximate surface area is 150 Å². The molecule has 3 rings (SSSR count). The van der Waals surface area contributed by atoms with Crippen molar-refractivity contribution in [2.75, 3.05) is 0 Å². The molecule has 5 heteroatoms. The van der Waals surface area contributed by atoms with E-state index in [1.54, 1.807) is 0 Å². The van der Waals surface area contributed by atoms with Gasteiger partial charge in [-0.3, -0.25) is 0 Å². The van der Waals surface area contributed by atoms with Crippen LogP contribution in [-0.2, 0) is 9.31 Å². The first-order chi connectivity index (χ1) is 11.0. The SMILES string of the molecule is CC1(C)OB(C2(N)C=CC=C(c3ccccc3)C2(C)Cl)OC1(C)C. The predicted molar refractivity (Wildman–Crippen MR) is 101 cm³/mol. The van der Waals surface area contributed by atoms with E-state index < -0.39 is 28.6 Å². The molecular formula is C19H25BClNO2. The van der Waals surface area contributed by atoms with Crippen molar-refractivity contribution < 1.29 is 9.31 Å². The molecule has 0 bridgehead atoms. The van der Waals surface area contributed by atoms with Gasteiger partial charge < -0.3 is 15.0 Å². The minimum absolute atomic E-state index is 0.459. The van der Waals surface area contributed by atoms with Crippen molar-refractivity contribution in [3.63, 3.8) is 0 Å². The topological polar surface area (TPSA) is 44.5 Å². The van der Waals surface area contributed by atoms with Crippen LogP contribution in [0.25, 0.3) is 5.57 Å². The summed E-state index contributed by atoms with van der Waals surface area (Å²) < 4.78 is 12.4. The lowest BCUT2D eigenvalue weighted by Crippen LogP contribution is -2.66. The predicted octanol–water partition coefficient (Wildman–Crippen LogP) is 3.97. The van der Waals surface area contributed by atoms with Crippen LogP contribution in [0.4, 0.5) is 0 Å². The van der Waals surface area contributed by atoms with Gasteiger partial charge in [0.1, 0.15) is 0 Å². The van der Waals surface area contributed by atoms with E-state index in [-0.39, 0.29) is 0 Å². The van der Waals surface area contributed by atoms with Crippen LogP contribution in [-0.4, -0.2) is 28.6 Å². The first-order valence-electron chi connectivity index (χ1n) is 8.30. The quantitative estimate of drug-likeness (QED) is 0.651. The number of halogens is 1. The van der Waals surface area contributed by atoms with Crippen LogP contribution in [0.5, 0.6) is 0 Å². The summed E-state index contributed by atoms with van der Waals surface area (Å²) in [4.78, 5) is -0.871. The summed E-state index contributed by atoms with van der Waals surface area (Å²) >= 11 is 7.04. The number of hydrogen-bond donors (Lipinski definition) is 1. The summed E-state index contributed by atoms with van der Waals surface area (Å²) in [5.41, 5.74) is 6.91. The van der Waals surface area contributed by atoms with Crippen molar-refractivity contribution in [2.45, 2.75) is 56.1 Å². The highest BCUT2D eigenvalue weighted by Crippen LogP contribution is 2.49. The van der Waals surface area contributed by atoms with E-state index in [2.05, 4.69) is 0 Å². The zero-order valence-electron chi connectivity index (χ0n) is 15.0. The van der Waals surface area contributed by atoms with E-state index in [0.29, 0.717) is 0 Å². The van der Waals surface area contributed by atoms with Gasteiger partial charge >= 0.3 is 7.12 Å². The smallest absolute Gasteiger partial charge is 0.402 e. The highest BCUT2D eigenvalue weighted by atomic mass is 35.5. The molecule has 1 aromatic carbocycles. The minimum Gasteiger partial charge on any atom is -0.402 e. The fourth-order valence-corrected chi connectivity index (χ4v) is 3.50. The molecular weight excluding hydrogens is 320 g/mol. The average molecular weight is 346 g/mol. The van der Waals surface area contributed by atoms with Crippen LogP contribution in [0.3, 0.4) is 0 Å². The Balaban J connectivity index is 2.01. The van der Waals surface area contributed by atoms with Crippen molar-refractivity contribution in [3.8, 4) is 0 Å². The van der Waals surface area contributed by atoms with Crippen molar-refractivity contribution in [1.82, 2.24) is 0 Å². The Bertz CT molecular complexity index is 681. The molecule has 0 saturated carbocycles. The fourth-order valence-electron chi connectivity index (χ4n) is 3.17. The third-order valence-electron chi connectivity index (χ3n) is 5.68. The molecule has 1 saturated heterocycles. The molecule has 2 atom stereocenters. The van der Waals surface area contributed by atoms with Gasteiger partial charge in [-0.05, 0) is 45.8 Å². The molecule has 1 aromatic rings. The molecule has 1 heterocycles. The maximum atomic E-state index is 7.04. The largest absolute Gasteiger partial charge is 0.485 e. The Hall–Kier alpha value is -1.07. The minimum atomic E-state index is -0.987. The molecule has 0 aromatic heterocycles. The van der Waals surface area contributed by atoms with E-state index >= 15 is 0 Å². The monoisotopic (exact) mass is 345 g/mol. The van der Waals surface area contributed by atoms with Gasteiger partial charge in [-0.25, -0.2) is 0 Å². The van der Waals surface area contributed by atoms with Crippen LogP contribution in [0, 0.1) is 0 Å². The zero-order valence-corrected chi connectivity index (χ0v) is 15.7. The average Bonchev–Trinajstić information content (AvgIpc) is 2.71. The number of alkyl halides is 1.